The van der Waals surface area contributed by atoms with Crippen LogP contribution in [0.3, 0.4) is 0 Å². The summed E-state index contributed by atoms with van der Waals surface area (Å²) in [6, 6.07) is 5.11. The fraction of sp³-hybridized carbons (Fsp3) is 0.619. The summed E-state index contributed by atoms with van der Waals surface area (Å²) in [6.07, 6.45) is 3.69. The number of benzene rings is 1. The lowest BCUT2D eigenvalue weighted by atomic mass is 9.91. The van der Waals surface area contributed by atoms with E-state index < -0.39 is 5.60 Å². The highest BCUT2D eigenvalue weighted by molar-refractivity contribution is 14.0. The molecule has 1 amide bonds. The van der Waals surface area contributed by atoms with E-state index in [4.69, 9.17) is 16.3 Å². The van der Waals surface area contributed by atoms with Gasteiger partial charge >= 0.3 is 6.09 Å². The number of rotatable bonds is 5. The molecule has 1 aliphatic rings. The van der Waals surface area contributed by atoms with Crippen LogP contribution in [0.15, 0.2) is 23.2 Å². The molecule has 0 aliphatic heterocycles. The van der Waals surface area contributed by atoms with Crippen LogP contribution in [0, 0.1) is 5.82 Å². The van der Waals surface area contributed by atoms with Gasteiger partial charge in [0.25, 0.3) is 0 Å². The number of aliphatic imine (C=N–C) groups is 1. The van der Waals surface area contributed by atoms with Gasteiger partial charge in [-0.15, -0.1) is 24.0 Å². The molecule has 0 unspecified atom stereocenters. The van der Waals surface area contributed by atoms with Crippen LogP contribution >= 0.6 is 35.6 Å². The first kappa shape index (κ1) is 26.7. The highest BCUT2D eigenvalue weighted by atomic mass is 127. The van der Waals surface area contributed by atoms with Crippen molar-refractivity contribution in [2.75, 3.05) is 13.6 Å². The second-order valence-electron chi connectivity index (χ2n) is 8.29. The first-order valence-corrected chi connectivity index (χ1v) is 10.5. The number of carbonyl (C=O) groups excluding carboxylic acids is 1. The summed E-state index contributed by atoms with van der Waals surface area (Å²) in [5.74, 6) is 0.388. The number of halogens is 3. The van der Waals surface area contributed by atoms with Crippen LogP contribution in [-0.2, 0) is 11.2 Å². The standard InChI is InChI=1S/C21H32ClFN4O2.HI/c1-21(2,3)29-20(28)27-15-10-8-14(9-11-15)26-19(24-4)25-13-12-16-17(22)6-5-7-18(16)23;/h5-7,14-15H,8-13H2,1-4H3,(H,27,28)(H2,24,25,26);1H. The van der Waals surface area contributed by atoms with Gasteiger partial charge < -0.3 is 20.7 Å². The topological polar surface area (TPSA) is 74.8 Å². The fourth-order valence-corrected chi connectivity index (χ4v) is 3.58. The number of hydrogen-bond donors (Lipinski definition) is 3. The number of nitrogens with one attached hydrogen (secondary N) is 3. The van der Waals surface area contributed by atoms with Gasteiger partial charge in [0.2, 0.25) is 0 Å². The van der Waals surface area contributed by atoms with Crippen molar-refractivity contribution in [3.8, 4) is 0 Å². The van der Waals surface area contributed by atoms with Gasteiger partial charge in [-0.2, -0.15) is 0 Å². The average molecular weight is 555 g/mol. The molecule has 6 nitrogen and oxygen atoms in total. The third-order valence-corrected chi connectivity index (χ3v) is 5.10. The summed E-state index contributed by atoms with van der Waals surface area (Å²) in [5, 5.41) is 9.99. The van der Waals surface area contributed by atoms with Gasteiger partial charge in [0.05, 0.1) is 0 Å². The highest BCUT2D eigenvalue weighted by Crippen LogP contribution is 2.20. The van der Waals surface area contributed by atoms with E-state index in [2.05, 4.69) is 20.9 Å². The summed E-state index contributed by atoms with van der Waals surface area (Å²) in [7, 11) is 1.71. The number of amides is 1. The first-order chi connectivity index (χ1) is 13.7. The Bertz CT molecular complexity index is 699. The molecule has 170 valence electrons. The Morgan fingerprint density at radius 3 is 2.33 bits per heavy atom. The summed E-state index contributed by atoms with van der Waals surface area (Å²) in [4.78, 5) is 16.1. The van der Waals surface area contributed by atoms with Crippen molar-refractivity contribution in [1.82, 2.24) is 16.0 Å². The van der Waals surface area contributed by atoms with Crippen LogP contribution in [0.25, 0.3) is 0 Å². The highest BCUT2D eigenvalue weighted by Gasteiger charge is 2.25. The number of hydrogen-bond acceptors (Lipinski definition) is 3. The Kier molecular flexibility index (Phi) is 11.2. The molecule has 1 aromatic rings. The fourth-order valence-electron chi connectivity index (χ4n) is 3.32. The van der Waals surface area contributed by atoms with Crippen molar-refractivity contribution in [2.24, 2.45) is 4.99 Å². The minimum atomic E-state index is -0.492. The van der Waals surface area contributed by atoms with Crippen molar-refractivity contribution in [3.05, 3.63) is 34.6 Å². The van der Waals surface area contributed by atoms with Gasteiger partial charge in [0.1, 0.15) is 11.4 Å². The minimum Gasteiger partial charge on any atom is -0.444 e. The quantitative estimate of drug-likeness (QED) is 0.282. The average Bonchev–Trinajstić information content (AvgIpc) is 2.63. The van der Waals surface area contributed by atoms with Crippen LogP contribution in [-0.4, -0.2) is 43.3 Å². The molecule has 0 radical (unpaired) electrons. The summed E-state index contributed by atoms with van der Waals surface area (Å²) < 4.78 is 19.2. The van der Waals surface area contributed by atoms with E-state index in [0.717, 1.165) is 25.7 Å². The Morgan fingerprint density at radius 1 is 1.20 bits per heavy atom. The first-order valence-electron chi connectivity index (χ1n) is 10.1. The molecule has 30 heavy (non-hydrogen) atoms. The largest absolute Gasteiger partial charge is 0.444 e. The van der Waals surface area contributed by atoms with Gasteiger partial charge in [-0.25, -0.2) is 9.18 Å². The number of guanidine groups is 1. The maximum atomic E-state index is 13.9. The van der Waals surface area contributed by atoms with E-state index in [1.54, 1.807) is 19.2 Å². The number of ether oxygens (including phenoxy) is 1. The van der Waals surface area contributed by atoms with E-state index in [-0.39, 0.29) is 48.0 Å². The summed E-state index contributed by atoms with van der Waals surface area (Å²) >= 11 is 6.07. The van der Waals surface area contributed by atoms with E-state index in [1.165, 1.54) is 6.07 Å². The Morgan fingerprint density at radius 2 is 1.80 bits per heavy atom. The third-order valence-electron chi connectivity index (χ3n) is 4.74. The van der Waals surface area contributed by atoms with Crippen LogP contribution in [0.1, 0.15) is 52.0 Å². The molecule has 0 spiro atoms. The van der Waals surface area contributed by atoms with Crippen molar-refractivity contribution >= 4 is 47.6 Å². The SMILES string of the molecule is CN=C(NCCc1c(F)cccc1Cl)NC1CCC(NC(=O)OC(C)(C)C)CC1.I. The lowest BCUT2D eigenvalue weighted by molar-refractivity contribution is 0.0490. The molecule has 0 atom stereocenters. The zero-order chi connectivity index (χ0) is 21.4. The van der Waals surface area contributed by atoms with Gasteiger partial charge in [-0.1, -0.05) is 17.7 Å². The number of nitrogens with zero attached hydrogens (tertiary/aromatic N) is 1. The Balaban J connectivity index is 0.00000450. The van der Waals surface area contributed by atoms with Crippen LogP contribution in [0.4, 0.5) is 9.18 Å². The van der Waals surface area contributed by atoms with Gasteiger partial charge in [-0.05, 0) is 65.0 Å². The van der Waals surface area contributed by atoms with E-state index >= 15 is 0 Å². The molecule has 1 aliphatic carbocycles. The van der Waals surface area contributed by atoms with Crippen molar-refractivity contribution in [2.45, 2.75) is 70.6 Å². The van der Waals surface area contributed by atoms with Crippen LogP contribution < -0.4 is 16.0 Å². The number of carbonyl (C=O) groups is 1. The minimum absolute atomic E-state index is 0. The molecule has 1 aromatic carbocycles. The lowest BCUT2D eigenvalue weighted by Crippen LogP contribution is -2.48. The van der Waals surface area contributed by atoms with Gasteiger partial charge in [-0.3, -0.25) is 4.99 Å². The molecule has 1 saturated carbocycles. The van der Waals surface area contributed by atoms with Crippen molar-refractivity contribution in [3.63, 3.8) is 0 Å². The number of alkyl carbamates (subject to hydrolysis) is 1. The van der Waals surface area contributed by atoms with Gasteiger partial charge in [0, 0.05) is 36.3 Å². The summed E-state index contributed by atoms with van der Waals surface area (Å²) in [5.41, 5.74) is 0.0132. The zero-order valence-corrected chi connectivity index (χ0v) is 21.1. The Hall–Kier alpha value is -1.29. The monoisotopic (exact) mass is 554 g/mol. The maximum absolute atomic E-state index is 13.9. The van der Waals surface area contributed by atoms with E-state index in [9.17, 15) is 9.18 Å². The molecule has 0 saturated heterocycles. The molecule has 3 N–H and O–H groups in total. The normalized spacial score (nSPS) is 19.5. The molecule has 0 bridgehead atoms. The molecule has 0 heterocycles. The van der Waals surface area contributed by atoms with Crippen LogP contribution in [0.2, 0.25) is 5.02 Å². The molecule has 1 fully saturated rings. The van der Waals surface area contributed by atoms with Crippen molar-refractivity contribution < 1.29 is 13.9 Å². The molecular weight excluding hydrogens is 522 g/mol. The predicted molar refractivity (Wildman–Crippen MR) is 130 cm³/mol. The van der Waals surface area contributed by atoms with Crippen molar-refractivity contribution in [1.29, 1.82) is 0 Å². The second-order valence-corrected chi connectivity index (χ2v) is 8.70. The van der Waals surface area contributed by atoms with E-state index in [0.29, 0.717) is 29.5 Å². The Labute approximate surface area is 200 Å². The maximum Gasteiger partial charge on any atom is 0.407 e. The molecular formula is C21H33ClFIN4O2. The lowest BCUT2D eigenvalue weighted by Gasteiger charge is -2.31. The third kappa shape index (κ3) is 9.24. The smallest absolute Gasteiger partial charge is 0.407 e. The molecule has 2 rings (SSSR count). The molecule has 9 heteroatoms. The second kappa shape index (κ2) is 12.5. The van der Waals surface area contributed by atoms with E-state index in [1.807, 2.05) is 20.8 Å². The zero-order valence-electron chi connectivity index (χ0n) is 18.1. The predicted octanol–water partition coefficient (Wildman–Crippen LogP) is 4.64. The van der Waals surface area contributed by atoms with Crippen LogP contribution in [0.5, 0.6) is 0 Å². The summed E-state index contributed by atoms with van der Waals surface area (Å²) in [6.45, 7) is 6.08. The molecule has 0 aromatic heterocycles. The van der Waals surface area contributed by atoms with Gasteiger partial charge in [0.15, 0.2) is 5.96 Å².